The third-order valence-electron chi connectivity index (χ3n) is 3.13. The van der Waals surface area contributed by atoms with Crippen molar-refractivity contribution in [3.05, 3.63) is 11.6 Å². The van der Waals surface area contributed by atoms with E-state index in [1.54, 1.807) is 0 Å². The van der Waals surface area contributed by atoms with Gasteiger partial charge in [0.25, 0.3) is 0 Å². The summed E-state index contributed by atoms with van der Waals surface area (Å²) in [5, 5.41) is 8.08. The molecule has 4 nitrogen and oxygen atoms in total. The van der Waals surface area contributed by atoms with E-state index in [0.717, 1.165) is 43.5 Å². The smallest absolute Gasteiger partial charge is 0.150 e. The maximum absolute atomic E-state index is 4.58. The van der Waals surface area contributed by atoms with E-state index in [9.17, 15) is 0 Å². The molecular formula is C14H28N4. The molecule has 0 bridgehead atoms. The topological polar surface area (TPSA) is 42.7 Å². The van der Waals surface area contributed by atoms with Crippen molar-refractivity contribution in [1.82, 2.24) is 20.1 Å². The maximum atomic E-state index is 4.58. The second-order valence-electron chi connectivity index (χ2n) is 5.33. The monoisotopic (exact) mass is 252 g/mol. The Bertz CT molecular complexity index is 344. The van der Waals surface area contributed by atoms with Crippen LogP contribution in [0.15, 0.2) is 0 Å². The van der Waals surface area contributed by atoms with E-state index in [2.05, 4.69) is 54.7 Å². The molecule has 1 N–H and O–H groups in total. The van der Waals surface area contributed by atoms with Crippen molar-refractivity contribution >= 4 is 0 Å². The maximum Gasteiger partial charge on any atom is 0.150 e. The average molecular weight is 252 g/mol. The number of nitrogens with one attached hydrogen (secondary N) is 1. The Balaban J connectivity index is 2.49. The van der Waals surface area contributed by atoms with Gasteiger partial charge in [-0.1, -0.05) is 27.7 Å². The summed E-state index contributed by atoms with van der Waals surface area (Å²) in [6, 6.07) is 0.375. The molecule has 0 amide bonds. The highest BCUT2D eigenvalue weighted by atomic mass is 15.4. The Hall–Kier alpha value is -0.900. The molecule has 0 aliphatic carbocycles. The first kappa shape index (κ1) is 15.2. The van der Waals surface area contributed by atoms with E-state index < -0.39 is 0 Å². The number of nitrogens with zero attached hydrogens (tertiary/aromatic N) is 3. The number of rotatable bonds is 8. The lowest BCUT2D eigenvalue weighted by atomic mass is 10.1. The molecule has 1 unspecified atom stereocenters. The molecule has 0 aliphatic heterocycles. The molecule has 0 spiro atoms. The molecule has 1 rings (SSSR count). The highest BCUT2D eigenvalue weighted by Gasteiger charge is 2.12. The van der Waals surface area contributed by atoms with Crippen LogP contribution in [0.4, 0.5) is 0 Å². The summed E-state index contributed by atoms with van der Waals surface area (Å²) in [5.41, 5.74) is 0. The molecule has 1 aromatic rings. The zero-order chi connectivity index (χ0) is 13.5. The van der Waals surface area contributed by atoms with Gasteiger partial charge in [-0.3, -0.25) is 0 Å². The average Bonchev–Trinajstić information content (AvgIpc) is 2.77. The summed E-state index contributed by atoms with van der Waals surface area (Å²) < 4.78 is 2.08. The van der Waals surface area contributed by atoms with Crippen LogP contribution in [0.25, 0.3) is 0 Å². The molecule has 104 valence electrons. The number of hydrogen-bond acceptors (Lipinski definition) is 3. The van der Waals surface area contributed by atoms with Crippen molar-refractivity contribution in [2.75, 3.05) is 13.1 Å². The predicted octanol–water partition coefficient (Wildman–Crippen LogP) is 2.60. The minimum atomic E-state index is 0.375. The van der Waals surface area contributed by atoms with Gasteiger partial charge in [-0.05, 0) is 25.8 Å². The van der Waals surface area contributed by atoms with Crippen molar-refractivity contribution in [2.45, 2.75) is 59.9 Å². The number of aryl methyl sites for hydroxylation is 2. The zero-order valence-corrected chi connectivity index (χ0v) is 12.5. The predicted molar refractivity (Wildman–Crippen MR) is 75.8 cm³/mol. The van der Waals surface area contributed by atoms with Crippen LogP contribution in [0.2, 0.25) is 0 Å². The first-order valence-corrected chi connectivity index (χ1v) is 7.23. The first-order valence-electron chi connectivity index (χ1n) is 7.23. The molecule has 1 heterocycles. The molecule has 4 heteroatoms. The fraction of sp³-hybridized carbons (Fsp3) is 0.857. The third kappa shape index (κ3) is 4.41. The quantitative estimate of drug-likeness (QED) is 0.723. The third-order valence-corrected chi connectivity index (χ3v) is 3.13. The van der Waals surface area contributed by atoms with Gasteiger partial charge in [-0.15, -0.1) is 0 Å². The number of aromatic nitrogens is 3. The van der Waals surface area contributed by atoms with Crippen LogP contribution >= 0.6 is 0 Å². The van der Waals surface area contributed by atoms with Crippen LogP contribution in [0, 0.1) is 5.92 Å². The Labute approximate surface area is 111 Å². The molecule has 0 aromatic carbocycles. The Morgan fingerprint density at radius 3 is 2.44 bits per heavy atom. The minimum absolute atomic E-state index is 0.375. The molecule has 18 heavy (non-hydrogen) atoms. The molecule has 0 radical (unpaired) electrons. The summed E-state index contributed by atoms with van der Waals surface area (Å²) in [7, 11) is 0. The van der Waals surface area contributed by atoms with Gasteiger partial charge >= 0.3 is 0 Å². The van der Waals surface area contributed by atoms with E-state index in [4.69, 9.17) is 0 Å². The standard InChI is InChI=1S/C14H28N4/c1-6-13-16-14(7-2)18(17-13)12(5)10-15-9-8-11(3)4/h11-12,15H,6-10H2,1-5H3. The van der Waals surface area contributed by atoms with E-state index in [1.165, 1.54) is 6.42 Å². The van der Waals surface area contributed by atoms with Gasteiger partial charge in [0, 0.05) is 19.4 Å². The van der Waals surface area contributed by atoms with Gasteiger partial charge in [0.1, 0.15) is 5.82 Å². The fourth-order valence-corrected chi connectivity index (χ4v) is 1.94. The SMILES string of the molecule is CCc1nc(CC)n(C(C)CNCCC(C)C)n1. The van der Waals surface area contributed by atoms with Gasteiger partial charge in [0.15, 0.2) is 5.82 Å². The van der Waals surface area contributed by atoms with Crippen molar-refractivity contribution < 1.29 is 0 Å². The molecule has 0 fully saturated rings. The second kappa shape index (κ2) is 7.52. The van der Waals surface area contributed by atoms with Crippen molar-refractivity contribution in [2.24, 2.45) is 5.92 Å². The van der Waals surface area contributed by atoms with Crippen LogP contribution < -0.4 is 5.32 Å². The summed E-state index contributed by atoms with van der Waals surface area (Å²) in [6.45, 7) is 13.0. The summed E-state index contributed by atoms with van der Waals surface area (Å²) >= 11 is 0. The van der Waals surface area contributed by atoms with Crippen molar-refractivity contribution in [3.8, 4) is 0 Å². The van der Waals surface area contributed by atoms with Gasteiger partial charge in [0.2, 0.25) is 0 Å². The van der Waals surface area contributed by atoms with Crippen LogP contribution in [0.1, 0.15) is 58.7 Å². The lowest BCUT2D eigenvalue weighted by molar-refractivity contribution is 0.425. The van der Waals surface area contributed by atoms with Gasteiger partial charge in [-0.25, -0.2) is 9.67 Å². The highest BCUT2D eigenvalue weighted by molar-refractivity contribution is 4.94. The largest absolute Gasteiger partial charge is 0.315 e. The van der Waals surface area contributed by atoms with Crippen LogP contribution in [-0.4, -0.2) is 27.9 Å². The lowest BCUT2D eigenvalue weighted by Crippen LogP contribution is -2.26. The Morgan fingerprint density at radius 1 is 1.17 bits per heavy atom. The highest BCUT2D eigenvalue weighted by Crippen LogP contribution is 2.09. The first-order chi connectivity index (χ1) is 8.58. The molecule has 1 atom stereocenters. The number of hydrogen-bond donors (Lipinski definition) is 1. The van der Waals surface area contributed by atoms with Gasteiger partial charge in [-0.2, -0.15) is 5.10 Å². The molecule has 1 aromatic heterocycles. The zero-order valence-electron chi connectivity index (χ0n) is 12.5. The fourth-order valence-electron chi connectivity index (χ4n) is 1.94. The minimum Gasteiger partial charge on any atom is -0.315 e. The van der Waals surface area contributed by atoms with Gasteiger partial charge in [0.05, 0.1) is 6.04 Å². The summed E-state index contributed by atoms with van der Waals surface area (Å²) in [5.74, 6) is 2.82. The van der Waals surface area contributed by atoms with E-state index in [1.807, 2.05) is 0 Å². The van der Waals surface area contributed by atoms with Gasteiger partial charge < -0.3 is 5.32 Å². The van der Waals surface area contributed by atoms with Crippen LogP contribution in [0.3, 0.4) is 0 Å². The Morgan fingerprint density at radius 2 is 1.89 bits per heavy atom. The lowest BCUT2D eigenvalue weighted by Gasteiger charge is -2.15. The van der Waals surface area contributed by atoms with Crippen molar-refractivity contribution in [1.29, 1.82) is 0 Å². The normalized spacial score (nSPS) is 13.2. The Kier molecular flexibility index (Phi) is 6.33. The molecular weight excluding hydrogens is 224 g/mol. The molecule has 0 aliphatic rings. The van der Waals surface area contributed by atoms with E-state index in [-0.39, 0.29) is 0 Å². The summed E-state index contributed by atoms with van der Waals surface area (Å²) in [4.78, 5) is 4.55. The van der Waals surface area contributed by atoms with E-state index in [0.29, 0.717) is 6.04 Å². The molecule has 0 saturated heterocycles. The molecule has 0 saturated carbocycles. The van der Waals surface area contributed by atoms with E-state index >= 15 is 0 Å². The van der Waals surface area contributed by atoms with Crippen LogP contribution in [0.5, 0.6) is 0 Å². The van der Waals surface area contributed by atoms with Crippen molar-refractivity contribution in [3.63, 3.8) is 0 Å². The second-order valence-corrected chi connectivity index (χ2v) is 5.33. The summed E-state index contributed by atoms with van der Waals surface area (Å²) in [6.07, 6.45) is 3.09. The van der Waals surface area contributed by atoms with Crippen LogP contribution in [-0.2, 0) is 12.8 Å².